The van der Waals surface area contributed by atoms with Gasteiger partial charge in [-0.25, -0.2) is 0 Å². The van der Waals surface area contributed by atoms with Crippen molar-refractivity contribution in [3.8, 4) is 0 Å². The van der Waals surface area contributed by atoms with E-state index in [1.54, 1.807) is 0 Å². The van der Waals surface area contributed by atoms with Gasteiger partial charge in [0.05, 0.1) is 0 Å². The molecule has 2 heterocycles. The fourth-order valence-electron chi connectivity index (χ4n) is 3.25. The van der Waals surface area contributed by atoms with E-state index in [1.807, 2.05) is 11.0 Å². The third kappa shape index (κ3) is 4.22. The molecule has 0 unspecified atom stereocenters. The van der Waals surface area contributed by atoms with Crippen molar-refractivity contribution in [2.75, 3.05) is 13.1 Å². The van der Waals surface area contributed by atoms with Gasteiger partial charge in [0.2, 0.25) is 11.8 Å². The van der Waals surface area contributed by atoms with Crippen LogP contribution >= 0.6 is 0 Å². The topological polar surface area (TPSA) is 59.2 Å². The summed E-state index contributed by atoms with van der Waals surface area (Å²) in [6.45, 7) is 3.79. The van der Waals surface area contributed by atoms with E-state index in [4.69, 9.17) is 4.52 Å². The summed E-state index contributed by atoms with van der Waals surface area (Å²) in [6, 6.07) is 10.5. The maximum Gasteiger partial charge on any atom is 0.226 e. The van der Waals surface area contributed by atoms with Gasteiger partial charge >= 0.3 is 0 Å². The molecule has 2 aromatic rings. The van der Waals surface area contributed by atoms with E-state index in [2.05, 4.69) is 41.3 Å². The molecule has 0 radical (unpaired) electrons. The average Bonchev–Trinajstić information content (AvgIpc) is 3.26. The van der Waals surface area contributed by atoms with Crippen LogP contribution < -0.4 is 0 Å². The summed E-state index contributed by atoms with van der Waals surface area (Å²) in [5.41, 5.74) is 1.34. The van der Waals surface area contributed by atoms with Gasteiger partial charge < -0.3 is 9.42 Å². The van der Waals surface area contributed by atoms with Gasteiger partial charge in [0, 0.05) is 38.3 Å². The summed E-state index contributed by atoms with van der Waals surface area (Å²) < 4.78 is 5.21. The lowest BCUT2D eigenvalue weighted by Crippen LogP contribution is -2.28. The molecule has 3 rings (SSSR count). The highest BCUT2D eigenvalue weighted by atomic mass is 16.5. The molecule has 5 heteroatoms. The molecule has 128 valence electrons. The number of rotatable bonds is 7. The minimum atomic E-state index is 0.238. The molecule has 5 nitrogen and oxygen atoms in total. The van der Waals surface area contributed by atoms with Crippen LogP contribution in [0.1, 0.15) is 55.8 Å². The summed E-state index contributed by atoms with van der Waals surface area (Å²) in [5, 5.41) is 3.94. The molecule has 1 aliphatic heterocycles. The zero-order chi connectivity index (χ0) is 16.8. The van der Waals surface area contributed by atoms with Gasteiger partial charge in [-0.15, -0.1) is 0 Å². The molecule has 1 saturated heterocycles. The Morgan fingerprint density at radius 1 is 1.29 bits per heavy atom. The number of carbonyl (C=O) groups excluding carboxylic acids is 1. The second kappa shape index (κ2) is 8.08. The number of likely N-dealkylation sites (tertiary alicyclic amines) is 1. The highest BCUT2D eigenvalue weighted by molar-refractivity contribution is 5.76. The van der Waals surface area contributed by atoms with Gasteiger partial charge in [0.15, 0.2) is 5.82 Å². The van der Waals surface area contributed by atoms with Gasteiger partial charge in [-0.3, -0.25) is 4.79 Å². The predicted octanol–water partition coefficient (Wildman–Crippen LogP) is 3.36. The highest BCUT2D eigenvalue weighted by Crippen LogP contribution is 2.27. The number of benzene rings is 1. The van der Waals surface area contributed by atoms with Crippen molar-refractivity contribution >= 4 is 5.91 Å². The SMILES string of the molecule is CCCc1noc(CCCC(=O)N2CC[C@H](c3ccccc3)C2)n1. The minimum Gasteiger partial charge on any atom is -0.342 e. The molecular formula is C19H25N3O2. The van der Waals surface area contributed by atoms with E-state index < -0.39 is 0 Å². The number of nitrogens with zero attached hydrogens (tertiary/aromatic N) is 3. The van der Waals surface area contributed by atoms with Gasteiger partial charge in [-0.05, 0) is 24.8 Å². The average molecular weight is 327 g/mol. The van der Waals surface area contributed by atoms with Gasteiger partial charge in [-0.2, -0.15) is 4.98 Å². The normalized spacial score (nSPS) is 17.4. The van der Waals surface area contributed by atoms with Crippen molar-refractivity contribution < 1.29 is 9.32 Å². The number of aryl methyl sites for hydroxylation is 2. The fraction of sp³-hybridized carbons (Fsp3) is 0.526. The number of hydrogen-bond acceptors (Lipinski definition) is 4. The zero-order valence-corrected chi connectivity index (χ0v) is 14.3. The Hall–Kier alpha value is -2.17. The molecule has 1 fully saturated rings. The molecule has 0 bridgehead atoms. The van der Waals surface area contributed by atoms with Crippen molar-refractivity contribution in [2.24, 2.45) is 0 Å². The van der Waals surface area contributed by atoms with Crippen molar-refractivity contribution in [1.82, 2.24) is 15.0 Å². The van der Waals surface area contributed by atoms with Gasteiger partial charge in [0.25, 0.3) is 0 Å². The first-order chi connectivity index (χ1) is 11.8. The first-order valence-corrected chi connectivity index (χ1v) is 8.90. The molecular weight excluding hydrogens is 302 g/mol. The van der Waals surface area contributed by atoms with Crippen LogP contribution in [-0.4, -0.2) is 34.0 Å². The van der Waals surface area contributed by atoms with Gasteiger partial charge in [0.1, 0.15) is 0 Å². The third-order valence-corrected chi connectivity index (χ3v) is 4.58. The summed E-state index contributed by atoms with van der Waals surface area (Å²) in [6.07, 6.45) is 4.90. The molecule has 0 N–H and O–H groups in total. The monoisotopic (exact) mass is 327 g/mol. The Balaban J connectivity index is 1.42. The minimum absolute atomic E-state index is 0.238. The second-order valence-corrected chi connectivity index (χ2v) is 6.44. The molecule has 0 aliphatic carbocycles. The van der Waals surface area contributed by atoms with Crippen molar-refractivity contribution in [2.45, 2.75) is 51.4 Å². The number of aromatic nitrogens is 2. The van der Waals surface area contributed by atoms with E-state index in [1.165, 1.54) is 5.56 Å². The maximum absolute atomic E-state index is 12.4. The smallest absolute Gasteiger partial charge is 0.226 e. The first-order valence-electron chi connectivity index (χ1n) is 8.90. The first kappa shape index (κ1) is 16.7. The Morgan fingerprint density at radius 3 is 2.92 bits per heavy atom. The maximum atomic E-state index is 12.4. The lowest BCUT2D eigenvalue weighted by Gasteiger charge is -2.16. The van der Waals surface area contributed by atoms with E-state index in [0.29, 0.717) is 24.7 Å². The van der Waals surface area contributed by atoms with Crippen LogP contribution in [0.3, 0.4) is 0 Å². The molecule has 24 heavy (non-hydrogen) atoms. The molecule has 1 aromatic heterocycles. The lowest BCUT2D eigenvalue weighted by atomic mass is 9.99. The van der Waals surface area contributed by atoms with E-state index >= 15 is 0 Å². The summed E-state index contributed by atoms with van der Waals surface area (Å²) >= 11 is 0. The second-order valence-electron chi connectivity index (χ2n) is 6.44. The van der Waals surface area contributed by atoms with E-state index in [-0.39, 0.29) is 5.91 Å². The Morgan fingerprint density at radius 2 is 2.12 bits per heavy atom. The molecule has 1 aromatic carbocycles. The molecule has 1 aliphatic rings. The number of amides is 1. The molecule has 1 amide bonds. The lowest BCUT2D eigenvalue weighted by molar-refractivity contribution is -0.130. The summed E-state index contributed by atoms with van der Waals surface area (Å²) in [7, 11) is 0. The quantitative estimate of drug-likeness (QED) is 0.782. The highest BCUT2D eigenvalue weighted by Gasteiger charge is 2.26. The molecule has 0 spiro atoms. The van der Waals surface area contributed by atoms with E-state index in [0.717, 1.165) is 44.6 Å². The summed E-state index contributed by atoms with van der Waals surface area (Å²) in [4.78, 5) is 18.7. The van der Waals surface area contributed by atoms with Crippen LogP contribution in [0.5, 0.6) is 0 Å². The van der Waals surface area contributed by atoms with Crippen LogP contribution in [0.4, 0.5) is 0 Å². The Bertz CT molecular complexity index is 654. The van der Waals surface area contributed by atoms with Crippen LogP contribution in [-0.2, 0) is 17.6 Å². The van der Waals surface area contributed by atoms with Crippen LogP contribution in [0.2, 0.25) is 0 Å². The van der Waals surface area contributed by atoms with Crippen molar-refractivity contribution in [3.63, 3.8) is 0 Å². The van der Waals surface area contributed by atoms with Crippen molar-refractivity contribution in [1.29, 1.82) is 0 Å². The number of hydrogen-bond donors (Lipinski definition) is 0. The molecule has 0 saturated carbocycles. The largest absolute Gasteiger partial charge is 0.342 e. The standard InChI is InChI=1S/C19H25N3O2/c1-2-7-17-20-18(24-21-17)10-6-11-19(23)22-13-12-16(14-22)15-8-4-3-5-9-15/h3-5,8-9,16H,2,6-7,10-14H2,1H3/t16-/m0/s1. The Kier molecular flexibility index (Phi) is 5.62. The van der Waals surface area contributed by atoms with Crippen LogP contribution in [0.25, 0.3) is 0 Å². The van der Waals surface area contributed by atoms with E-state index in [9.17, 15) is 4.79 Å². The van der Waals surface area contributed by atoms with Crippen LogP contribution in [0.15, 0.2) is 34.9 Å². The third-order valence-electron chi connectivity index (χ3n) is 4.58. The van der Waals surface area contributed by atoms with Gasteiger partial charge in [-0.1, -0.05) is 42.4 Å². The number of carbonyl (C=O) groups is 1. The fourth-order valence-corrected chi connectivity index (χ4v) is 3.25. The zero-order valence-electron chi connectivity index (χ0n) is 14.3. The Labute approximate surface area is 143 Å². The summed E-state index contributed by atoms with van der Waals surface area (Å²) in [5.74, 6) is 2.13. The van der Waals surface area contributed by atoms with Crippen LogP contribution in [0, 0.1) is 0 Å². The molecule has 1 atom stereocenters. The predicted molar refractivity (Wildman–Crippen MR) is 91.6 cm³/mol. The van der Waals surface area contributed by atoms with Crippen molar-refractivity contribution in [3.05, 3.63) is 47.6 Å².